The van der Waals surface area contributed by atoms with Crippen molar-refractivity contribution in [2.45, 2.75) is 31.8 Å². The predicted molar refractivity (Wildman–Crippen MR) is 61.5 cm³/mol. The largest absolute Gasteiger partial charge is 0.493 e. The van der Waals surface area contributed by atoms with Gasteiger partial charge in [-0.05, 0) is 37.3 Å². The van der Waals surface area contributed by atoms with Gasteiger partial charge in [-0.2, -0.15) is 0 Å². The first-order valence-corrected chi connectivity index (χ1v) is 5.86. The zero-order valence-electron chi connectivity index (χ0n) is 9.35. The van der Waals surface area contributed by atoms with E-state index in [1.807, 2.05) is 18.2 Å². The molecule has 0 saturated heterocycles. The Morgan fingerprint density at radius 3 is 3.00 bits per heavy atom. The van der Waals surface area contributed by atoms with Crippen LogP contribution < -0.4 is 4.74 Å². The van der Waals surface area contributed by atoms with Gasteiger partial charge < -0.3 is 14.9 Å². The van der Waals surface area contributed by atoms with Gasteiger partial charge in [0, 0.05) is 12.2 Å². The molecule has 2 rings (SSSR count). The third-order valence-corrected chi connectivity index (χ3v) is 3.01. The third-order valence-electron chi connectivity index (χ3n) is 3.01. The molecule has 1 aliphatic rings. The van der Waals surface area contributed by atoms with Crippen LogP contribution >= 0.6 is 0 Å². The molecule has 0 radical (unpaired) electrons. The molecule has 0 heterocycles. The van der Waals surface area contributed by atoms with Crippen molar-refractivity contribution in [1.29, 1.82) is 0 Å². The van der Waals surface area contributed by atoms with Gasteiger partial charge in [0.25, 0.3) is 0 Å². The summed E-state index contributed by atoms with van der Waals surface area (Å²) in [6.45, 7) is 0.849. The summed E-state index contributed by atoms with van der Waals surface area (Å²) >= 11 is 0. The van der Waals surface area contributed by atoms with Crippen LogP contribution in [0.3, 0.4) is 0 Å². The van der Waals surface area contributed by atoms with E-state index in [0.717, 1.165) is 42.6 Å². The smallest absolute Gasteiger partial charge is 0.122 e. The fourth-order valence-corrected chi connectivity index (χ4v) is 2.13. The SMILES string of the molecule is OCCCCOc1cccc2c1CCC2O. The van der Waals surface area contributed by atoms with Crippen molar-refractivity contribution in [2.24, 2.45) is 0 Å². The second-order valence-electron chi connectivity index (χ2n) is 4.16. The molecule has 1 aromatic carbocycles. The molecule has 3 heteroatoms. The van der Waals surface area contributed by atoms with Crippen molar-refractivity contribution in [3.05, 3.63) is 29.3 Å². The van der Waals surface area contributed by atoms with Crippen LogP contribution in [0.2, 0.25) is 0 Å². The summed E-state index contributed by atoms with van der Waals surface area (Å²) in [5, 5.41) is 18.4. The molecule has 0 aliphatic heterocycles. The summed E-state index contributed by atoms with van der Waals surface area (Å²) in [5.74, 6) is 0.895. The number of benzene rings is 1. The highest BCUT2D eigenvalue weighted by Crippen LogP contribution is 2.36. The fraction of sp³-hybridized carbons (Fsp3) is 0.538. The van der Waals surface area contributed by atoms with Gasteiger partial charge in [0.2, 0.25) is 0 Å². The van der Waals surface area contributed by atoms with Crippen molar-refractivity contribution in [1.82, 2.24) is 0 Å². The highest BCUT2D eigenvalue weighted by molar-refractivity contribution is 5.44. The number of rotatable bonds is 5. The lowest BCUT2D eigenvalue weighted by Crippen LogP contribution is -2.01. The van der Waals surface area contributed by atoms with Gasteiger partial charge in [-0.15, -0.1) is 0 Å². The number of hydrogen-bond acceptors (Lipinski definition) is 3. The highest BCUT2D eigenvalue weighted by atomic mass is 16.5. The lowest BCUT2D eigenvalue weighted by Gasteiger charge is -2.10. The Hall–Kier alpha value is -1.06. The van der Waals surface area contributed by atoms with Crippen LogP contribution in [0, 0.1) is 0 Å². The van der Waals surface area contributed by atoms with Crippen molar-refractivity contribution in [3.8, 4) is 5.75 Å². The molecule has 0 saturated carbocycles. The topological polar surface area (TPSA) is 49.7 Å². The van der Waals surface area contributed by atoms with Crippen LogP contribution in [0.4, 0.5) is 0 Å². The van der Waals surface area contributed by atoms with E-state index in [1.54, 1.807) is 0 Å². The van der Waals surface area contributed by atoms with Crippen LogP contribution in [0.25, 0.3) is 0 Å². The molecule has 1 unspecified atom stereocenters. The molecule has 1 aliphatic carbocycles. The van der Waals surface area contributed by atoms with E-state index >= 15 is 0 Å². The first-order chi connectivity index (χ1) is 7.83. The Balaban J connectivity index is 2.00. The van der Waals surface area contributed by atoms with Crippen molar-refractivity contribution in [2.75, 3.05) is 13.2 Å². The van der Waals surface area contributed by atoms with E-state index in [1.165, 1.54) is 0 Å². The molecule has 1 atom stereocenters. The van der Waals surface area contributed by atoms with E-state index in [9.17, 15) is 5.11 Å². The Kier molecular flexibility index (Phi) is 3.80. The lowest BCUT2D eigenvalue weighted by atomic mass is 10.1. The Bertz CT molecular complexity index is 349. The van der Waals surface area contributed by atoms with Gasteiger partial charge in [0.1, 0.15) is 5.75 Å². The quantitative estimate of drug-likeness (QED) is 0.747. The molecule has 0 amide bonds. The van der Waals surface area contributed by atoms with Crippen LogP contribution in [-0.4, -0.2) is 23.4 Å². The van der Waals surface area contributed by atoms with E-state index in [0.29, 0.717) is 6.61 Å². The molecule has 88 valence electrons. The number of aliphatic hydroxyl groups is 2. The third kappa shape index (κ3) is 2.36. The summed E-state index contributed by atoms with van der Waals surface area (Å²) in [4.78, 5) is 0. The average Bonchev–Trinajstić information content (AvgIpc) is 2.68. The first-order valence-electron chi connectivity index (χ1n) is 5.86. The van der Waals surface area contributed by atoms with E-state index in [2.05, 4.69) is 0 Å². The van der Waals surface area contributed by atoms with Crippen LogP contribution in [0.15, 0.2) is 18.2 Å². The molecule has 0 spiro atoms. The predicted octanol–water partition coefficient (Wildman–Crippen LogP) is 1.82. The Morgan fingerprint density at radius 2 is 2.19 bits per heavy atom. The summed E-state index contributed by atoms with van der Waals surface area (Å²) in [7, 11) is 0. The summed E-state index contributed by atoms with van der Waals surface area (Å²) in [5.41, 5.74) is 2.17. The van der Waals surface area contributed by atoms with Gasteiger partial charge >= 0.3 is 0 Å². The van der Waals surface area contributed by atoms with E-state index < -0.39 is 0 Å². The number of aliphatic hydroxyl groups excluding tert-OH is 2. The molecule has 0 bridgehead atoms. The average molecular weight is 222 g/mol. The fourth-order valence-electron chi connectivity index (χ4n) is 2.13. The first kappa shape index (κ1) is 11.4. The molecule has 2 N–H and O–H groups in total. The maximum absolute atomic E-state index is 9.73. The second kappa shape index (κ2) is 5.32. The van der Waals surface area contributed by atoms with Crippen molar-refractivity contribution < 1.29 is 14.9 Å². The zero-order valence-corrected chi connectivity index (χ0v) is 9.35. The number of unbranched alkanes of at least 4 members (excludes halogenated alkanes) is 1. The molecule has 3 nitrogen and oxygen atoms in total. The van der Waals surface area contributed by atoms with Gasteiger partial charge in [-0.25, -0.2) is 0 Å². The van der Waals surface area contributed by atoms with Gasteiger partial charge in [-0.3, -0.25) is 0 Å². The van der Waals surface area contributed by atoms with Crippen LogP contribution in [0.5, 0.6) is 5.75 Å². The van der Waals surface area contributed by atoms with E-state index in [4.69, 9.17) is 9.84 Å². The Morgan fingerprint density at radius 1 is 1.31 bits per heavy atom. The van der Waals surface area contributed by atoms with Crippen molar-refractivity contribution in [3.63, 3.8) is 0 Å². The van der Waals surface area contributed by atoms with E-state index in [-0.39, 0.29) is 12.7 Å². The van der Waals surface area contributed by atoms with Crippen LogP contribution in [0.1, 0.15) is 36.5 Å². The molecule has 16 heavy (non-hydrogen) atoms. The minimum absolute atomic E-state index is 0.217. The maximum Gasteiger partial charge on any atom is 0.122 e. The van der Waals surface area contributed by atoms with Gasteiger partial charge in [0.05, 0.1) is 12.7 Å². The summed E-state index contributed by atoms with van der Waals surface area (Å²) in [6.07, 6.45) is 3.01. The molecule has 0 aromatic heterocycles. The second-order valence-corrected chi connectivity index (χ2v) is 4.16. The zero-order chi connectivity index (χ0) is 11.4. The molecule has 1 aromatic rings. The normalized spacial score (nSPS) is 18.5. The highest BCUT2D eigenvalue weighted by Gasteiger charge is 2.22. The van der Waals surface area contributed by atoms with Gasteiger partial charge in [0.15, 0.2) is 0 Å². The molecule has 0 fully saturated rings. The monoisotopic (exact) mass is 222 g/mol. The minimum Gasteiger partial charge on any atom is -0.493 e. The lowest BCUT2D eigenvalue weighted by molar-refractivity contribution is 0.180. The minimum atomic E-state index is -0.323. The molecular formula is C13H18O3. The van der Waals surface area contributed by atoms with Crippen LogP contribution in [-0.2, 0) is 6.42 Å². The summed E-state index contributed by atoms with van der Waals surface area (Å²) in [6, 6.07) is 5.85. The number of fused-ring (bicyclic) bond motifs is 1. The van der Waals surface area contributed by atoms with Crippen molar-refractivity contribution >= 4 is 0 Å². The Labute approximate surface area is 95.7 Å². The number of ether oxygens (including phenoxy) is 1. The standard InChI is InChI=1S/C13H18O3/c14-8-1-2-9-16-13-5-3-4-10-11(13)6-7-12(10)15/h3-5,12,14-15H,1-2,6-9H2. The summed E-state index contributed by atoms with van der Waals surface area (Å²) < 4.78 is 5.68. The van der Waals surface area contributed by atoms with Gasteiger partial charge in [-0.1, -0.05) is 12.1 Å². The molecular weight excluding hydrogens is 204 g/mol. The maximum atomic E-state index is 9.73. The number of hydrogen-bond donors (Lipinski definition) is 2.